The Morgan fingerprint density at radius 1 is 1.30 bits per heavy atom. The van der Waals surface area contributed by atoms with Crippen molar-refractivity contribution in [3.63, 3.8) is 0 Å². The van der Waals surface area contributed by atoms with Gasteiger partial charge in [0.2, 0.25) is 5.91 Å². The Balaban J connectivity index is 1.74. The number of nitrogens with zero attached hydrogens (tertiary/aromatic N) is 1. The minimum Gasteiger partial charge on any atom is -0.321 e. The van der Waals surface area contributed by atoms with E-state index in [2.05, 4.69) is 15.8 Å². The average molecular weight is 327 g/mol. The maximum absolute atomic E-state index is 12.2. The number of rotatable bonds is 3. The molecule has 1 aliphatic heterocycles. The van der Waals surface area contributed by atoms with E-state index >= 15 is 0 Å². The summed E-state index contributed by atoms with van der Waals surface area (Å²) >= 11 is 1.43. The standard InChI is InChI=1S/C17H17N3O2S/c1-10-7-8-23-16(10)17(22)18-13-5-3-12(4-6-13)15-11(2)9-14(21)19-20-15/h3-8,11H,9H2,1-2H3,(H,18,22)(H,19,21). The summed E-state index contributed by atoms with van der Waals surface area (Å²) in [6.07, 6.45) is 0.439. The number of thiophene rings is 1. The van der Waals surface area contributed by atoms with Crippen LogP contribution in [0.5, 0.6) is 0 Å². The third kappa shape index (κ3) is 3.32. The molecular formula is C17H17N3O2S. The molecule has 0 fully saturated rings. The van der Waals surface area contributed by atoms with Crippen LogP contribution in [-0.2, 0) is 4.79 Å². The number of carbonyl (C=O) groups is 2. The fourth-order valence-corrected chi connectivity index (χ4v) is 3.34. The molecule has 23 heavy (non-hydrogen) atoms. The number of benzene rings is 1. The molecule has 1 aromatic heterocycles. The van der Waals surface area contributed by atoms with Gasteiger partial charge in [0.1, 0.15) is 0 Å². The highest BCUT2D eigenvalue weighted by atomic mass is 32.1. The van der Waals surface area contributed by atoms with Crippen LogP contribution < -0.4 is 10.7 Å². The van der Waals surface area contributed by atoms with Gasteiger partial charge >= 0.3 is 0 Å². The molecule has 1 atom stereocenters. The molecule has 0 saturated heterocycles. The molecule has 1 aliphatic rings. The summed E-state index contributed by atoms with van der Waals surface area (Å²) in [5.41, 5.74) is 6.03. The molecule has 0 radical (unpaired) electrons. The van der Waals surface area contributed by atoms with E-state index in [0.717, 1.165) is 27.4 Å². The molecule has 2 amide bonds. The van der Waals surface area contributed by atoms with Crippen LogP contribution in [0.3, 0.4) is 0 Å². The van der Waals surface area contributed by atoms with Crippen LogP contribution in [-0.4, -0.2) is 17.5 Å². The van der Waals surface area contributed by atoms with Gasteiger partial charge in [0, 0.05) is 18.0 Å². The van der Waals surface area contributed by atoms with Crippen LogP contribution in [0.2, 0.25) is 0 Å². The Morgan fingerprint density at radius 2 is 2.04 bits per heavy atom. The summed E-state index contributed by atoms with van der Waals surface area (Å²) in [4.78, 5) is 24.2. The summed E-state index contributed by atoms with van der Waals surface area (Å²) in [7, 11) is 0. The molecule has 6 heteroatoms. The number of hydrazone groups is 1. The van der Waals surface area contributed by atoms with E-state index in [4.69, 9.17) is 0 Å². The first-order chi connectivity index (χ1) is 11.0. The first-order valence-corrected chi connectivity index (χ1v) is 8.25. The first-order valence-electron chi connectivity index (χ1n) is 7.37. The zero-order valence-corrected chi connectivity index (χ0v) is 13.7. The van der Waals surface area contributed by atoms with Gasteiger partial charge < -0.3 is 5.32 Å². The monoisotopic (exact) mass is 327 g/mol. The Kier molecular flexibility index (Phi) is 4.25. The van der Waals surface area contributed by atoms with E-state index in [1.807, 2.05) is 49.6 Å². The van der Waals surface area contributed by atoms with Crippen molar-refractivity contribution >= 4 is 34.6 Å². The van der Waals surface area contributed by atoms with Crippen molar-refractivity contribution in [1.82, 2.24) is 5.43 Å². The van der Waals surface area contributed by atoms with Gasteiger partial charge in [-0.3, -0.25) is 9.59 Å². The molecular weight excluding hydrogens is 310 g/mol. The van der Waals surface area contributed by atoms with Gasteiger partial charge in [-0.15, -0.1) is 11.3 Å². The highest BCUT2D eigenvalue weighted by Crippen LogP contribution is 2.20. The lowest BCUT2D eigenvalue weighted by Crippen LogP contribution is -2.31. The second-order valence-corrected chi connectivity index (χ2v) is 6.52. The topological polar surface area (TPSA) is 70.6 Å². The number of carbonyl (C=O) groups excluding carboxylic acids is 2. The fraction of sp³-hybridized carbons (Fsp3) is 0.235. The molecule has 0 spiro atoms. The maximum Gasteiger partial charge on any atom is 0.265 e. The Morgan fingerprint density at radius 3 is 2.65 bits per heavy atom. The van der Waals surface area contributed by atoms with Crippen LogP contribution >= 0.6 is 11.3 Å². The summed E-state index contributed by atoms with van der Waals surface area (Å²) in [6.45, 7) is 3.90. The molecule has 0 aliphatic carbocycles. The van der Waals surface area contributed by atoms with Crippen LogP contribution in [0.1, 0.15) is 34.1 Å². The lowest BCUT2D eigenvalue weighted by Gasteiger charge is -2.19. The van der Waals surface area contributed by atoms with Crippen molar-refractivity contribution in [2.45, 2.75) is 20.3 Å². The number of nitrogens with one attached hydrogen (secondary N) is 2. The van der Waals surface area contributed by atoms with Gasteiger partial charge in [0.15, 0.2) is 0 Å². The third-order valence-corrected chi connectivity index (χ3v) is 4.78. The van der Waals surface area contributed by atoms with Crippen molar-refractivity contribution in [2.24, 2.45) is 11.0 Å². The Labute approximate surface area is 138 Å². The largest absolute Gasteiger partial charge is 0.321 e. The number of anilines is 1. The van der Waals surface area contributed by atoms with E-state index in [1.54, 1.807) is 0 Å². The van der Waals surface area contributed by atoms with Gasteiger partial charge in [0.05, 0.1) is 10.6 Å². The lowest BCUT2D eigenvalue weighted by molar-refractivity contribution is -0.121. The van der Waals surface area contributed by atoms with Crippen molar-refractivity contribution < 1.29 is 9.59 Å². The smallest absolute Gasteiger partial charge is 0.265 e. The molecule has 0 bridgehead atoms. The quantitative estimate of drug-likeness (QED) is 0.909. The Hall–Kier alpha value is -2.47. The highest BCUT2D eigenvalue weighted by molar-refractivity contribution is 7.12. The van der Waals surface area contributed by atoms with Crippen LogP contribution in [0, 0.1) is 12.8 Å². The van der Waals surface area contributed by atoms with Gasteiger partial charge in [-0.1, -0.05) is 19.1 Å². The van der Waals surface area contributed by atoms with Gasteiger partial charge in [0.25, 0.3) is 5.91 Å². The number of hydrogen-bond acceptors (Lipinski definition) is 4. The molecule has 2 N–H and O–H groups in total. The number of hydrogen-bond donors (Lipinski definition) is 2. The SMILES string of the molecule is Cc1ccsc1C(=O)Nc1ccc(C2=NNC(=O)CC2C)cc1. The molecule has 3 rings (SSSR count). The van der Waals surface area contributed by atoms with Crippen LogP contribution in [0.15, 0.2) is 40.8 Å². The number of aryl methyl sites for hydroxylation is 1. The third-order valence-electron chi connectivity index (χ3n) is 3.77. The van der Waals surface area contributed by atoms with E-state index < -0.39 is 0 Å². The van der Waals surface area contributed by atoms with Gasteiger partial charge in [-0.05, 0) is 41.6 Å². The minimum absolute atomic E-state index is 0.0588. The van der Waals surface area contributed by atoms with Gasteiger partial charge in [-0.25, -0.2) is 5.43 Å². The summed E-state index contributed by atoms with van der Waals surface area (Å²) in [5.74, 6) is -0.0738. The molecule has 1 aromatic carbocycles. The van der Waals surface area contributed by atoms with E-state index in [9.17, 15) is 9.59 Å². The predicted molar refractivity (Wildman–Crippen MR) is 91.9 cm³/mol. The van der Waals surface area contributed by atoms with Crippen LogP contribution in [0.4, 0.5) is 5.69 Å². The molecule has 1 unspecified atom stereocenters. The normalized spacial score (nSPS) is 17.4. The Bertz CT molecular complexity index is 777. The minimum atomic E-state index is -0.0964. The zero-order valence-electron chi connectivity index (χ0n) is 12.9. The fourth-order valence-electron chi connectivity index (χ4n) is 2.52. The van der Waals surface area contributed by atoms with E-state index in [-0.39, 0.29) is 17.7 Å². The second kappa shape index (κ2) is 6.34. The molecule has 2 heterocycles. The number of amides is 2. The van der Waals surface area contributed by atoms with Crippen molar-refractivity contribution in [1.29, 1.82) is 0 Å². The molecule has 118 valence electrons. The summed E-state index contributed by atoms with van der Waals surface area (Å²) < 4.78 is 0. The second-order valence-electron chi connectivity index (χ2n) is 5.60. The zero-order chi connectivity index (χ0) is 16.4. The maximum atomic E-state index is 12.2. The molecule has 5 nitrogen and oxygen atoms in total. The molecule has 0 saturated carbocycles. The van der Waals surface area contributed by atoms with Crippen LogP contribution in [0.25, 0.3) is 0 Å². The van der Waals surface area contributed by atoms with E-state index in [1.165, 1.54) is 11.3 Å². The summed E-state index contributed by atoms with van der Waals surface area (Å²) in [6, 6.07) is 9.44. The predicted octanol–water partition coefficient (Wildman–Crippen LogP) is 3.17. The van der Waals surface area contributed by atoms with E-state index in [0.29, 0.717) is 6.42 Å². The van der Waals surface area contributed by atoms with Gasteiger partial charge in [-0.2, -0.15) is 5.10 Å². The van der Waals surface area contributed by atoms with Crippen molar-refractivity contribution in [3.05, 3.63) is 51.7 Å². The first kappa shape index (κ1) is 15.4. The average Bonchev–Trinajstić information content (AvgIpc) is 2.95. The molecule has 2 aromatic rings. The van der Waals surface area contributed by atoms with Crippen molar-refractivity contribution in [3.8, 4) is 0 Å². The summed E-state index contributed by atoms with van der Waals surface area (Å²) in [5, 5.41) is 8.94. The van der Waals surface area contributed by atoms with Crippen molar-refractivity contribution in [2.75, 3.05) is 5.32 Å². The highest BCUT2D eigenvalue weighted by Gasteiger charge is 2.21. The lowest BCUT2D eigenvalue weighted by atomic mass is 9.94.